The minimum Gasteiger partial charge on any atom is -0.461 e. The number of esters is 1. The lowest BCUT2D eigenvalue weighted by Crippen LogP contribution is -2.34. The molecule has 0 aromatic carbocycles. The van der Waals surface area contributed by atoms with Gasteiger partial charge in [-0.2, -0.15) is 0 Å². The van der Waals surface area contributed by atoms with Gasteiger partial charge in [-0.05, 0) is 19.3 Å². The summed E-state index contributed by atoms with van der Waals surface area (Å²) < 4.78 is 5.14. The van der Waals surface area contributed by atoms with Gasteiger partial charge in [-0.3, -0.25) is 4.79 Å². The van der Waals surface area contributed by atoms with Crippen LogP contribution >= 0.6 is 0 Å². The molecule has 3 heteroatoms. The van der Waals surface area contributed by atoms with Crippen molar-refractivity contribution in [2.24, 2.45) is 5.73 Å². The van der Waals surface area contributed by atoms with Crippen LogP contribution < -0.4 is 5.73 Å². The van der Waals surface area contributed by atoms with Crippen molar-refractivity contribution < 1.29 is 9.53 Å². The van der Waals surface area contributed by atoms with Crippen molar-refractivity contribution in [2.45, 2.75) is 52.2 Å². The normalized spacial score (nSPS) is 13.1. The maximum Gasteiger partial charge on any atom is 0.323 e. The predicted molar refractivity (Wildman–Crippen MR) is 48.7 cm³/mol. The van der Waals surface area contributed by atoms with Crippen LogP contribution in [0.25, 0.3) is 0 Å². The van der Waals surface area contributed by atoms with E-state index >= 15 is 0 Å². The Bertz CT molecular complexity index is 132. The maximum absolute atomic E-state index is 11.2. The highest BCUT2D eigenvalue weighted by molar-refractivity contribution is 5.75. The van der Waals surface area contributed by atoms with E-state index in [-0.39, 0.29) is 12.1 Å². The molecule has 72 valence electrons. The molecule has 0 aromatic heterocycles. The molecule has 0 radical (unpaired) electrons. The zero-order valence-corrected chi connectivity index (χ0v) is 8.17. The zero-order valence-electron chi connectivity index (χ0n) is 8.17. The number of carbonyl (C=O) groups is 1. The summed E-state index contributed by atoms with van der Waals surface area (Å²) in [5.41, 5.74) is 5.50. The Hall–Kier alpha value is -0.570. The number of ether oxygens (including phenoxy) is 1. The van der Waals surface area contributed by atoms with E-state index in [0.717, 1.165) is 12.8 Å². The smallest absolute Gasteiger partial charge is 0.323 e. The summed E-state index contributed by atoms with van der Waals surface area (Å²) in [5, 5.41) is 0. The molecule has 0 bridgehead atoms. The van der Waals surface area contributed by atoms with Crippen LogP contribution in [-0.4, -0.2) is 18.1 Å². The van der Waals surface area contributed by atoms with E-state index in [1.807, 2.05) is 20.8 Å². The van der Waals surface area contributed by atoms with Crippen molar-refractivity contribution in [3.63, 3.8) is 0 Å². The number of rotatable bonds is 5. The van der Waals surface area contributed by atoms with Crippen molar-refractivity contribution in [3.8, 4) is 0 Å². The van der Waals surface area contributed by atoms with E-state index < -0.39 is 6.04 Å². The topological polar surface area (TPSA) is 52.3 Å². The zero-order chi connectivity index (χ0) is 9.56. The molecule has 0 saturated carbocycles. The van der Waals surface area contributed by atoms with E-state index in [1.165, 1.54) is 0 Å². The van der Waals surface area contributed by atoms with Crippen LogP contribution in [0.4, 0.5) is 0 Å². The van der Waals surface area contributed by atoms with Gasteiger partial charge in [-0.25, -0.2) is 0 Å². The molecule has 0 aliphatic carbocycles. The SMILES string of the molecule is CCC(CC)OC(=O)[C@@H](N)CC. The van der Waals surface area contributed by atoms with E-state index in [1.54, 1.807) is 0 Å². The predicted octanol–water partition coefficient (Wildman–Crippen LogP) is 1.46. The Labute approximate surface area is 74.3 Å². The average molecular weight is 173 g/mol. The quantitative estimate of drug-likeness (QED) is 0.640. The lowest BCUT2D eigenvalue weighted by molar-refractivity contribution is -0.151. The van der Waals surface area contributed by atoms with Gasteiger partial charge in [0.15, 0.2) is 0 Å². The second-order valence-corrected chi connectivity index (χ2v) is 2.89. The standard InChI is InChI=1S/C9H19NO2/c1-4-7(5-2)12-9(11)8(10)6-3/h7-8H,4-6,10H2,1-3H3/t8-/m0/s1. The maximum atomic E-state index is 11.2. The van der Waals surface area contributed by atoms with Crippen molar-refractivity contribution in [1.82, 2.24) is 0 Å². The van der Waals surface area contributed by atoms with E-state index in [9.17, 15) is 4.79 Å². The molecule has 0 spiro atoms. The van der Waals surface area contributed by atoms with Crippen LogP contribution in [0.1, 0.15) is 40.0 Å². The largest absolute Gasteiger partial charge is 0.461 e. The van der Waals surface area contributed by atoms with Crippen LogP contribution in [0.2, 0.25) is 0 Å². The lowest BCUT2D eigenvalue weighted by Gasteiger charge is -2.16. The van der Waals surface area contributed by atoms with Gasteiger partial charge >= 0.3 is 5.97 Å². The highest BCUT2D eigenvalue weighted by Gasteiger charge is 2.16. The molecule has 1 atom stereocenters. The third kappa shape index (κ3) is 3.72. The van der Waals surface area contributed by atoms with Gasteiger partial charge in [0.2, 0.25) is 0 Å². The molecule has 0 amide bonds. The van der Waals surface area contributed by atoms with Crippen LogP contribution in [0.5, 0.6) is 0 Å². The highest BCUT2D eigenvalue weighted by Crippen LogP contribution is 2.04. The Kier molecular flexibility index (Phi) is 5.72. The van der Waals surface area contributed by atoms with E-state index in [0.29, 0.717) is 6.42 Å². The molecule has 0 aliphatic rings. The van der Waals surface area contributed by atoms with Crippen LogP contribution in [-0.2, 0) is 9.53 Å². The summed E-state index contributed by atoms with van der Waals surface area (Å²) in [4.78, 5) is 11.2. The van der Waals surface area contributed by atoms with Crippen molar-refractivity contribution in [2.75, 3.05) is 0 Å². The summed E-state index contributed by atoms with van der Waals surface area (Å²) in [7, 11) is 0. The van der Waals surface area contributed by atoms with Gasteiger partial charge in [-0.1, -0.05) is 20.8 Å². The molecule has 0 heterocycles. The molecule has 0 saturated heterocycles. The van der Waals surface area contributed by atoms with Gasteiger partial charge in [0, 0.05) is 0 Å². The molecule has 0 aromatic rings. The fraction of sp³-hybridized carbons (Fsp3) is 0.889. The van der Waals surface area contributed by atoms with Gasteiger partial charge in [0.1, 0.15) is 12.1 Å². The van der Waals surface area contributed by atoms with E-state index in [4.69, 9.17) is 10.5 Å². The van der Waals surface area contributed by atoms with Gasteiger partial charge in [-0.15, -0.1) is 0 Å². The summed E-state index contributed by atoms with van der Waals surface area (Å²) in [6.45, 7) is 5.87. The third-order valence-electron chi connectivity index (χ3n) is 1.94. The van der Waals surface area contributed by atoms with Crippen LogP contribution in [0.15, 0.2) is 0 Å². The minimum atomic E-state index is -0.453. The molecule has 12 heavy (non-hydrogen) atoms. The first-order valence-corrected chi connectivity index (χ1v) is 4.61. The van der Waals surface area contributed by atoms with Gasteiger partial charge in [0.05, 0.1) is 0 Å². The molecule has 0 rings (SSSR count). The average Bonchev–Trinajstić information content (AvgIpc) is 2.12. The first kappa shape index (κ1) is 11.4. The molecule has 0 fully saturated rings. The summed E-state index contributed by atoms with van der Waals surface area (Å²) in [6, 6.07) is -0.453. The van der Waals surface area contributed by atoms with Crippen molar-refractivity contribution >= 4 is 5.97 Å². The third-order valence-corrected chi connectivity index (χ3v) is 1.94. The van der Waals surface area contributed by atoms with Crippen LogP contribution in [0.3, 0.4) is 0 Å². The number of hydrogen-bond donors (Lipinski definition) is 1. The van der Waals surface area contributed by atoms with Crippen molar-refractivity contribution in [1.29, 1.82) is 0 Å². The first-order valence-electron chi connectivity index (χ1n) is 4.61. The molecule has 0 unspecified atom stereocenters. The second-order valence-electron chi connectivity index (χ2n) is 2.89. The number of hydrogen-bond acceptors (Lipinski definition) is 3. The first-order chi connectivity index (χ1) is 5.65. The Morgan fingerprint density at radius 2 is 1.75 bits per heavy atom. The number of nitrogens with two attached hydrogens (primary N) is 1. The molecular weight excluding hydrogens is 154 g/mol. The number of carbonyl (C=O) groups excluding carboxylic acids is 1. The van der Waals surface area contributed by atoms with Crippen molar-refractivity contribution in [3.05, 3.63) is 0 Å². The fourth-order valence-electron chi connectivity index (χ4n) is 0.874. The van der Waals surface area contributed by atoms with E-state index in [2.05, 4.69) is 0 Å². The lowest BCUT2D eigenvalue weighted by atomic mass is 10.2. The van der Waals surface area contributed by atoms with Crippen LogP contribution in [0, 0.1) is 0 Å². The van der Waals surface area contributed by atoms with Gasteiger partial charge in [0.25, 0.3) is 0 Å². The summed E-state index contributed by atoms with van der Waals surface area (Å²) in [6.07, 6.45) is 2.39. The molecular formula is C9H19NO2. The molecule has 0 aliphatic heterocycles. The highest BCUT2D eigenvalue weighted by atomic mass is 16.5. The molecule has 2 N–H and O–H groups in total. The van der Waals surface area contributed by atoms with Gasteiger partial charge < -0.3 is 10.5 Å². The Balaban J connectivity index is 3.81. The Morgan fingerprint density at radius 3 is 2.08 bits per heavy atom. The fourth-order valence-corrected chi connectivity index (χ4v) is 0.874. The summed E-state index contributed by atoms with van der Waals surface area (Å²) >= 11 is 0. The summed E-state index contributed by atoms with van der Waals surface area (Å²) in [5.74, 6) is -0.272. The Morgan fingerprint density at radius 1 is 1.25 bits per heavy atom. The monoisotopic (exact) mass is 173 g/mol. The minimum absolute atomic E-state index is 0.0371. The molecule has 3 nitrogen and oxygen atoms in total. The second kappa shape index (κ2) is 6.00.